The number of hydrogen-bond acceptors (Lipinski definition) is 8. The Morgan fingerprint density at radius 3 is 2.57 bits per heavy atom. The van der Waals surface area contributed by atoms with Gasteiger partial charge in [-0.05, 0) is 31.3 Å². The second kappa shape index (κ2) is 10.2. The van der Waals surface area contributed by atoms with Crippen LogP contribution in [-0.4, -0.2) is 88.7 Å². The van der Waals surface area contributed by atoms with Crippen LogP contribution in [-0.2, 0) is 30.7 Å². The van der Waals surface area contributed by atoms with Crippen LogP contribution in [0.4, 0.5) is 4.79 Å². The Bertz CT molecular complexity index is 1330. The standard InChI is InChI=1S/C25H30N4O7S/c1-17(30)36-22-11-20(12-22)28-13-19(14-28)7-5-4-6-18-10-21-16-27(24(32)29(21)15-18)9-8-25(2,23(31)26-33)37(3,34)35/h10,15,19-20,22,33H,8-9,11-14,16H2,1-3H3,(H,26,31). The van der Waals surface area contributed by atoms with E-state index in [1.807, 2.05) is 0 Å². The third-order valence-corrected chi connectivity index (χ3v) is 9.39. The Hall–Kier alpha value is -3.32. The maximum absolute atomic E-state index is 12.8. The van der Waals surface area contributed by atoms with Gasteiger partial charge in [-0.15, -0.1) is 0 Å². The fourth-order valence-corrected chi connectivity index (χ4v) is 5.56. The first kappa shape index (κ1) is 26.7. The third-order valence-electron chi connectivity index (χ3n) is 7.36. The van der Waals surface area contributed by atoms with Crippen LogP contribution in [0.2, 0.25) is 0 Å². The summed E-state index contributed by atoms with van der Waals surface area (Å²) in [5.74, 6) is 10.8. The summed E-state index contributed by atoms with van der Waals surface area (Å²) in [5.41, 5.74) is 2.76. The van der Waals surface area contributed by atoms with Crippen molar-refractivity contribution in [2.45, 2.75) is 56.5 Å². The van der Waals surface area contributed by atoms with Gasteiger partial charge in [0.2, 0.25) is 0 Å². The van der Waals surface area contributed by atoms with E-state index >= 15 is 0 Å². The Morgan fingerprint density at radius 1 is 1.27 bits per heavy atom. The lowest BCUT2D eigenvalue weighted by molar-refractivity contribution is -0.155. The van der Waals surface area contributed by atoms with Crippen molar-refractivity contribution in [1.29, 1.82) is 0 Å². The highest BCUT2D eigenvalue weighted by molar-refractivity contribution is 7.92. The molecule has 37 heavy (non-hydrogen) atoms. The lowest BCUT2D eigenvalue weighted by Gasteiger charge is -2.48. The van der Waals surface area contributed by atoms with E-state index in [0.717, 1.165) is 32.2 Å². The van der Waals surface area contributed by atoms with Crippen LogP contribution in [0.25, 0.3) is 0 Å². The zero-order valence-corrected chi connectivity index (χ0v) is 21.8. The molecule has 2 amide bonds. The van der Waals surface area contributed by atoms with Gasteiger partial charge in [0.05, 0.1) is 6.54 Å². The lowest BCUT2D eigenvalue weighted by Crippen LogP contribution is -2.57. The van der Waals surface area contributed by atoms with Crippen LogP contribution in [0.1, 0.15) is 44.4 Å². The highest BCUT2D eigenvalue weighted by atomic mass is 32.2. The molecule has 1 saturated heterocycles. The zero-order valence-electron chi connectivity index (χ0n) is 21.0. The molecule has 1 atom stereocenters. The highest BCUT2D eigenvalue weighted by Crippen LogP contribution is 2.33. The van der Waals surface area contributed by atoms with Gasteiger partial charge in [0, 0.05) is 75.1 Å². The molecule has 2 N–H and O–H groups in total. The molecule has 3 aliphatic rings. The predicted molar refractivity (Wildman–Crippen MR) is 132 cm³/mol. The average Bonchev–Trinajstić information content (AvgIpc) is 3.30. The van der Waals surface area contributed by atoms with Gasteiger partial charge < -0.3 is 9.64 Å². The molecule has 1 aromatic heterocycles. The second-order valence-corrected chi connectivity index (χ2v) is 12.5. The minimum atomic E-state index is -3.84. The number of amides is 2. The largest absolute Gasteiger partial charge is 0.462 e. The quantitative estimate of drug-likeness (QED) is 0.223. The van der Waals surface area contributed by atoms with Crippen molar-refractivity contribution in [3.8, 4) is 23.7 Å². The second-order valence-electron chi connectivity index (χ2n) is 10.0. The number of ether oxygens (including phenoxy) is 1. The molecule has 11 nitrogen and oxygen atoms in total. The summed E-state index contributed by atoms with van der Waals surface area (Å²) in [6.45, 7) is 4.70. The number of esters is 1. The number of nitrogens with zero attached hydrogens (tertiary/aromatic N) is 3. The predicted octanol–water partition coefficient (Wildman–Crippen LogP) is 0.351. The molecule has 3 heterocycles. The number of hydroxylamine groups is 1. The number of sulfone groups is 1. The number of hydrogen-bond donors (Lipinski definition) is 2. The van der Waals surface area contributed by atoms with Crippen molar-refractivity contribution in [3.63, 3.8) is 0 Å². The molecule has 0 bridgehead atoms. The van der Waals surface area contributed by atoms with Crippen LogP contribution >= 0.6 is 0 Å². The topological polar surface area (TPSA) is 138 Å². The molecular formula is C25H30N4O7S. The zero-order chi connectivity index (χ0) is 27.0. The molecule has 0 aromatic carbocycles. The van der Waals surface area contributed by atoms with Crippen molar-refractivity contribution in [3.05, 3.63) is 23.5 Å². The minimum Gasteiger partial charge on any atom is -0.462 e. The molecule has 1 aromatic rings. The summed E-state index contributed by atoms with van der Waals surface area (Å²) in [6, 6.07) is 1.90. The van der Waals surface area contributed by atoms with Gasteiger partial charge in [0.25, 0.3) is 5.91 Å². The molecule has 4 rings (SSSR count). The van der Waals surface area contributed by atoms with Gasteiger partial charge in [-0.1, -0.05) is 11.8 Å². The van der Waals surface area contributed by atoms with Crippen LogP contribution in [0.3, 0.4) is 0 Å². The van der Waals surface area contributed by atoms with Crippen LogP contribution in [0.15, 0.2) is 12.3 Å². The van der Waals surface area contributed by atoms with Crippen molar-refractivity contribution in [2.24, 2.45) is 5.92 Å². The molecule has 2 fully saturated rings. The minimum absolute atomic E-state index is 0.0215. The van der Waals surface area contributed by atoms with Gasteiger partial charge >= 0.3 is 12.0 Å². The number of aromatic nitrogens is 1. The maximum atomic E-state index is 12.8. The number of fused-ring (bicyclic) bond motifs is 1. The van der Waals surface area contributed by atoms with Gasteiger partial charge in [0.1, 0.15) is 6.10 Å². The van der Waals surface area contributed by atoms with E-state index in [-0.39, 0.29) is 43.5 Å². The number of carbonyl (C=O) groups excluding carboxylic acids is 3. The Balaban J connectivity index is 1.26. The lowest BCUT2D eigenvalue weighted by atomic mass is 9.84. The van der Waals surface area contributed by atoms with E-state index < -0.39 is 20.5 Å². The Kier molecular flexibility index (Phi) is 7.38. The number of nitrogens with one attached hydrogen (secondary N) is 1. The number of likely N-dealkylation sites (tertiary alicyclic amines) is 1. The van der Waals surface area contributed by atoms with Crippen molar-refractivity contribution in [1.82, 2.24) is 19.8 Å². The van der Waals surface area contributed by atoms with Crippen LogP contribution in [0, 0.1) is 29.6 Å². The van der Waals surface area contributed by atoms with Gasteiger partial charge in [-0.25, -0.2) is 18.7 Å². The summed E-state index contributed by atoms with van der Waals surface area (Å²) >= 11 is 0. The fourth-order valence-electron chi connectivity index (χ4n) is 4.71. The van der Waals surface area contributed by atoms with Crippen LogP contribution in [0.5, 0.6) is 0 Å². The van der Waals surface area contributed by atoms with E-state index in [4.69, 9.17) is 9.94 Å². The van der Waals surface area contributed by atoms with E-state index in [9.17, 15) is 22.8 Å². The third kappa shape index (κ3) is 5.52. The first-order valence-electron chi connectivity index (χ1n) is 12.0. The SMILES string of the molecule is CC(=O)OC1CC(N2CC(C#CC#Cc3cc4n(c3)C(=O)N(CCC(C)(C(=O)NO)S(C)(=O)=O)C4)C2)C1. The maximum Gasteiger partial charge on any atom is 0.328 e. The first-order valence-corrected chi connectivity index (χ1v) is 13.9. The normalized spacial score (nSPS) is 22.8. The molecule has 2 aliphatic heterocycles. The fraction of sp³-hybridized carbons (Fsp3) is 0.560. The van der Waals surface area contributed by atoms with Crippen molar-refractivity contribution >= 4 is 27.7 Å². The molecule has 1 saturated carbocycles. The summed E-state index contributed by atoms with van der Waals surface area (Å²) in [6.07, 6.45) is 4.17. The Morgan fingerprint density at radius 2 is 1.97 bits per heavy atom. The molecule has 1 aliphatic carbocycles. The van der Waals surface area contributed by atoms with Crippen molar-refractivity contribution in [2.75, 3.05) is 25.9 Å². The Labute approximate surface area is 216 Å². The molecule has 198 valence electrons. The summed E-state index contributed by atoms with van der Waals surface area (Å²) in [7, 11) is -3.84. The summed E-state index contributed by atoms with van der Waals surface area (Å²) < 4.78 is 29.0. The van der Waals surface area contributed by atoms with Crippen LogP contribution < -0.4 is 5.48 Å². The highest BCUT2D eigenvalue weighted by Gasteiger charge is 2.44. The van der Waals surface area contributed by atoms with Gasteiger partial charge in [-0.2, -0.15) is 0 Å². The van der Waals surface area contributed by atoms with E-state index in [0.29, 0.717) is 17.3 Å². The molecule has 1 unspecified atom stereocenters. The van der Waals surface area contributed by atoms with Gasteiger partial charge in [0.15, 0.2) is 14.6 Å². The first-order chi connectivity index (χ1) is 17.4. The van der Waals surface area contributed by atoms with Crippen molar-refractivity contribution < 1.29 is 32.7 Å². The molecule has 0 radical (unpaired) electrons. The number of rotatable bonds is 7. The number of carbonyl (C=O) groups is 3. The van der Waals surface area contributed by atoms with Gasteiger partial charge in [-0.3, -0.25) is 24.3 Å². The monoisotopic (exact) mass is 530 g/mol. The van der Waals surface area contributed by atoms with E-state index in [1.165, 1.54) is 28.8 Å². The smallest absolute Gasteiger partial charge is 0.328 e. The molecule has 0 spiro atoms. The molecular weight excluding hydrogens is 500 g/mol. The summed E-state index contributed by atoms with van der Waals surface area (Å²) in [4.78, 5) is 39.5. The average molecular weight is 531 g/mol. The van der Waals surface area contributed by atoms with E-state index in [1.54, 1.807) is 12.3 Å². The van der Waals surface area contributed by atoms with E-state index in [2.05, 4.69) is 28.6 Å². The molecule has 12 heteroatoms. The summed E-state index contributed by atoms with van der Waals surface area (Å²) in [5, 5.41) is 8.95.